The van der Waals surface area contributed by atoms with Crippen LogP contribution < -0.4 is 5.32 Å². The molecule has 1 saturated carbocycles. The highest BCUT2D eigenvalue weighted by atomic mass is 16.4. The Labute approximate surface area is 64.6 Å². The van der Waals surface area contributed by atoms with Gasteiger partial charge in [-0.15, -0.1) is 0 Å². The molecule has 0 saturated heterocycles. The molecule has 0 radical (unpaired) electrons. The average molecular weight is 157 g/mol. The third kappa shape index (κ3) is 1.93. The Morgan fingerprint density at radius 1 is 1.45 bits per heavy atom. The molecule has 62 valence electrons. The van der Waals surface area contributed by atoms with Crippen LogP contribution in [0.5, 0.6) is 0 Å². The smallest absolute Gasteiger partial charge is 0.404 e. The van der Waals surface area contributed by atoms with Crippen molar-refractivity contribution in [2.45, 2.75) is 25.8 Å². The van der Waals surface area contributed by atoms with Gasteiger partial charge < -0.3 is 10.4 Å². The van der Waals surface area contributed by atoms with Crippen LogP contribution in [0.2, 0.25) is 0 Å². The molecule has 0 bridgehead atoms. The Morgan fingerprint density at radius 3 is 2.36 bits per heavy atom. The number of carbonyl (C=O) groups excluding carboxylic acids is 1. The van der Waals surface area contributed by atoms with E-state index in [1.807, 2.05) is 0 Å². The zero-order valence-corrected chi connectivity index (χ0v) is 6.33. The summed E-state index contributed by atoms with van der Waals surface area (Å²) in [5.74, 6) is 0.250. The van der Waals surface area contributed by atoms with Gasteiger partial charge in [0.25, 0.3) is 0 Å². The van der Waals surface area contributed by atoms with E-state index in [0.29, 0.717) is 12.8 Å². The lowest BCUT2D eigenvalue weighted by molar-refractivity contribution is -0.123. The number of ketones is 1. The van der Waals surface area contributed by atoms with Crippen LogP contribution in [0.1, 0.15) is 19.8 Å². The first-order valence-electron chi connectivity index (χ1n) is 3.59. The Balaban J connectivity index is 2.19. The molecule has 0 heterocycles. The van der Waals surface area contributed by atoms with Crippen molar-refractivity contribution in [3.05, 3.63) is 0 Å². The van der Waals surface area contributed by atoms with E-state index >= 15 is 0 Å². The normalized spacial score (nSPS) is 28.8. The highest BCUT2D eigenvalue weighted by Crippen LogP contribution is 2.27. The van der Waals surface area contributed by atoms with E-state index in [-0.39, 0.29) is 17.7 Å². The summed E-state index contributed by atoms with van der Waals surface area (Å²) in [4.78, 5) is 20.8. The maximum Gasteiger partial charge on any atom is 0.404 e. The van der Waals surface area contributed by atoms with Gasteiger partial charge in [-0.1, -0.05) is 0 Å². The fourth-order valence-corrected chi connectivity index (χ4v) is 1.24. The zero-order chi connectivity index (χ0) is 8.43. The third-order valence-electron chi connectivity index (χ3n) is 2.04. The number of carboxylic acid groups (broad SMARTS) is 1. The third-order valence-corrected chi connectivity index (χ3v) is 2.04. The molecule has 1 aliphatic carbocycles. The summed E-state index contributed by atoms with van der Waals surface area (Å²) in [6.07, 6.45) is 0.334. The lowest BCUT2D eigenvalue weighted by Crippen LogP contribution is -2.45. The van der Waals surface area contributed by atoms with Crippen molar-refractivity contribution in [3.8, 4) is 0 Å². The van der Waals surface area contributed by atoms with Gasteiger partial charge in [-0.25, -0.2) is 4.79 Å². The summed E-state index contributed by atoms with van der Waals surface area (Å²) in [7, 11) is 0. The van der Waals surface area contributed by atoms with E-state index in [0.717, 1.165) is 0 Å². The number of nitrogens with one attached hydrogen (secondary N) is 1. The molecule has 0 spiro atoms. The van der Waals surface area contributed by atoms with Crippen LogP contribution in [0.4, 0.5) is 4.79 Å². The zero-order valence-electron chi connectivity index (χ0n) is 6.33. The highest BCUT2D eigenvalue weighted by molar-refractivity contribution is 5.79. The van der Waals surface area contributed by atoms with E-state index < -0.39 is 6.09 Å². The maximum absolute atomic E-state index is 10.7. The first kappa shape index (κ1) is 8.04. The molecule has 2 N–H and O–H groups in total. The van der Waals surface area contributed by atoms with Crippen LogP contribution in [-0.2, 0) is 4.79 Å². The van der Waals surface area contributed by atoms with Crippen molar-refractivity contribution in [2.75, 3.05) is 0 Å². The largest absolute Gasteiger partial charge is 0.465 e. The SMILES string of the molecule is CC(=O)[C@H]1C[C@@H](NC(=O)O)C1. The molecular weight excluding hydrogens is 146 g/mol. The quantitative estimate of drug-likeness (QED) is 0.617. The number of carbonyl (C=O) groups is 2. The molecule has 11 heavy (non-hydrogen) atoms. The fraction of sp³-hybridized carbons (Fsp3) is 0.714. The molecular formula is C7H11NO3. The lowest BCUT2D eigenvalue weighted by Gasteiger charge is -2.32. The topological polar surface area (TPSA) is 66.4 Å². The molecule has 0 aliphatic heterocycles. The van der Waals surface area contributed by atoms with Crippen LogP contribution in [-0.4, -0.2) is 23.0 Å². The summed E-state index contributed by atoms with van der Waals surface area (Å²) in [5.41, 5.74) is 0. The lowest BCUT2D eigenvalue weighted by atomic mass is 9.78. The molecule has 0 unspecified atom stereocenters. The molecule has 1 fully saturated rings. The van der Waals surface area contributed by atoms with Crippen molar-refractivity contribution < 1.29 is 14.7 Å². The van der Waals surface area contributed by atoms with Gasteiger partial charge in [0.05, 0.1) is 0 Å². The van der Waals surface area contributed by atoms with Crippen molar-refractivity contribution in [1.82, 2.24) is 5.32 Å². The van der Waals surface area contributed by atoms with Gasteiger partial charge in [-0.05, 0) is 19.8 Å². The average Bonchev–Trinajstić information content (AvgIpc) is 1.75. The summed E-state index contributed by atoms with van der Waals surface area (Å²) in [6.45, 7) is 1.54. The second kappa shape index (κ2) is 2.90. The van der Waals surface area contributed by atoms with E-state index in [1.165, 1.54) is 0 Å². The number of hydrogen-bond donors (Lipinski definition) is 2. The van der Waals surface area contributed by atoms with Gasteiger partial charge in [-0.3, -0.25) is 4.79 Å². The maximum atomic E-state index is 10.7. The fourth-order valence-electron chi connectivity index (χ4n) is 1.24. The number of hydrogen-bond acceptors (Lipinski definition) is 2. The van der Waals surface area contributed by atoms with Gasteiger partial charge >= 0.3 is 6.09 Å². The first-order chi connectivity index (χ1) is 5.09. The summed E-state index contributed by atoms with van der Waals surface area (Å²) in [5, 5.41) is 10.6. The van der Waals surface area contributed by atoms with Crippen molar-refractivity contribution in [1.29, 1.82) is 0 Å². The van der Waals surface area contributed by atoms with Crippen molar-refractivity contribution in [2.24, 2.45) is 5.92 Å². The molecule has 4 heteroatoms. The minimum Gasteiger partial charge on any atom is -0.465 e. The molecule has 1 rings (SSSR count). The Bertz CT molecular complexity index is 184. The van der Waals surface area contributed by atoms with Crippen LogP contribution in [0.25, 0.3) is 0 Å². The summed E-state index contributed by atoms with van der Waals surface area (Å²) in [6, 6.07) is 0.00130. The molecule has 0 aromatic rings. The minimum absolute atomic E-state index is 0.00130. The van der Waals surface area contributed by atoms with E-state index in [2.05, 4.69) is 5.32 Å². The Morgan fingerprint density at radius 2 is 2.00 bits per heavy atom. The predicted octanol–water partition coefficient (Wildman–Crippen LogP) is 0.622. The molecule has 0 aromatic heterocycles. The molecule has 1 amide bonds. The predicted molar refractivity (Wildman–Crippen MR) is 38.4 cm³/mol. The van der Waals surface area contributed by atoms with Crippen LogP contribution in [0.3, 0.4) is 0 Å². The standard InChI is InChI=1S/C7H11NO3/c1-4(9)5-2-6(3-5)8-7(10)11/h5-6,8H,2-3H2,1H3,(H,10,11)/t5-,6+. The second-order valence-electron chi connectivity index (χ2n) is 2.93. The molecule has 0 atom stereocenters. The second-order valence-corrected chi connectivity index (χ2v) is 2.93. The molecule has 0 aromatic carbocycles. The van der Waals surface area contributed by atoms with Gasteiger partial charge in [0, 0.05) is 12.0 Å². The number of rotatable bonds is 2. The van der Waals surface area contributed by atoms with Crippen molar-refractivity contribution >= 4 is 11.9 Å². The summed E-state index contributed by atoms with van der Waals surface area (Å²) < 4.78 is 0. The Hall–Kier alpha value is -1.06. The van der Waals surface area contributed by atoms with Crippen molar-refractivity contribution in [3.63, 3.8) is 0 Å². The highest BCUT2D eigenvalue weighted by Gasteiger charge is 2.32. The van der Waals surface area contributed by atoms with Crippen LogP contribution in [0, 0.1) is 5.92 Å². The van der Waals surface area contributed by atoms with Gasteiger partial charge in [0.2, 0.25) is 0 Å². The molecule has 1 aliphatic rings. The monoisotopic (exact) mass is 157 g/mol. The van der Waals surface area contributed by atoms with Crippen LogP contribution >= 0.6 is 0 Å². The van der Waals surface area contributed by atoms with E-state index in [1.54, 1.807) is 6.92 Å². The van der Waals surface area contributed by atoms with Gasteiger partial charge in [0.15, 0.2) is 0 Å². The van der Waals surface area contributed by atoms with E-state index in [4.69, 9.17) is 5.11 Å². The minimum atomic E-state index is -1.00. The van der Waals surface area contributed by atoms with Crippen LogP contribution in [0.15, 0.2) is 0 Å². The number of Topliss-reactive ketones (excluding diaryl/α,β-unsaturated/α-hetero) is 1. The summed E-state index contributed by atoms with van der Waals surface area (Å²) >= 11 is 0. The number of amides is 1. The van der Waals surface area contributed by atoms with Gasteiger partial charge in [0.1, 0.15) is 5.78 Å². The van der Waals surface area contributed by atoms with E-state index in [9.17, 15) is 9.59 Å². The van der Waals surface area contributed by atoms with Gasteiger partial charge in [-0.2, -0.15) is 0 Å². The Kier molecular flexibility index (Phi) is 2.12. The first-order valence-corrected chi connectivity index (χ1v) is 3.59. The molecule has 4 nitrogen and oxygen atoms in total.